The van der Waals surface area contributed by atoms with E-state index in [1.54, 1.807) is 14.2 Å². The van der Waals surface area contributed by atoms with Crippen molar-refractivity contribution in [3.05, 3.63) is 53.3 Å². The summed E-state index contributed by atoms with van der Waals surface area (Å²) in [5, 5.41) is 0. The summed E-state index contributed by atoms with van der Waals surface area (Å²) >= 11 is 0. The number of aryl methyl sites for hydroxylation is 1. The lowest BCUT2D eigenvalue weighted by Crippen LogP contribution is -2.29. The molecule has 2 rings (SSSR count). The molecular formula is C16H21N3O2. The van der Waals surface area contributed by atoms with Crippen LogP contribution >= 0.6 is 0 Å². The van der Waals surface area contributed by atoms with Crippen LogP contribution in [0.4, 0.5) is 0 Å². The minimum absolute atomic E-state index is 0.00417. The number of hydrogen-bond acceptors (Lipinski definition) is 5. The molecule has 0 bridgehead atoms. The van der Waals surface area contributed by atoms with Crippen molar-refractivity contribution in [1.82, 2.24) is 10.4 Å². The average Bonchev–Trinajstić information content (AvgIpc) is 2.52. The molecule has 0 aliphatic heterocycles. The van der Waals surface area contributed by atoms with Crippen LogP contribution in [0, 0.1) is 6.92 Å². The van der Waals surface area contributed by atoms with E-state index in [0.717, 1.165) is 28.9 Å². The van der Waals surface area contributed by atoms with E-state index in [-0.39, 0.29) is 6.04 Å². The first-order valence-electron chi connectivity index (χ1n) is 6.76. The van der Waals surface area contributed by atoms with Gasteiger partial charge < -0.3 is 9.47 Å². The molecule has 1 atom stereocenters. The zero-order chi connectivity index (χ0) is 15.2. The normalized spacial score (nSPS) is 12.0. The number of rotatable bonds is 6. The Morgan fingerprint density at radius 3 is 2.52 bits per heavy atom. The Morgan fingerprint density at radius 2 is 1.90 bits per heavy atom. The predicted molar refractivity (Wildman–Crippen MR) is 82.3 cm³/mol. The second-order valence-electron chi connectivity index (χ2n) is 4.91. The van der Waals surface area contributed by atoms with Gasteiger partial charge in [0.25, 0.3) is 0 Å². The van der Waals surface area contributed by atoms with Crippen LogP contribution in [0.5, 0.6) is 11.5 Å². The van der Waals surface area contributed by atoms with Gasteiger partial charge in [-0.2, -0.15) is 0 Å². The van der Waals surface area contributed by atoms with Crippen molar-refractivity contribution in [2.45, 2.75) is 19.4 Å². The molecule has 0 fully saturated rings. The van der Waals surface area contributed by atoms with Crippen LogP contribution in [-0.4, -0.2) is 19.2 Å². The molecule has 1 heterocycles. The fraction of sp³-hybridized carbons (Fsp3) is 0.312. The summed E-state index contributed by atoms with van der Waals surface area (Å²) in [5.41, 5.74) is 6.13. The first-order chi connectivity index (χ1) is 10.2. The second-order valence-corrected chi connectivity index (χ2v) is 4.91. The van der Waals surface area contributed by atoms with Crippen molar-refractivity contribution < 1.29 is 9.47 Å². The highest BCUT2D eigenvalue weighted by Gasteiger charge is 2.13. The Bertz CT molecular complexity index is 602. The molecule has 5 nitrogen and oxygen atoms in total. The predicted octanol–water partition coefficient (Wildman–Crippen LogP) is 2.15. The van der Waals surface area contributed by atoms with Crippen molar-refractivity contribution in [2.75, 3.05) is 14.2 Å². The number of pyridine rings is 1. The van der Waals surface area contributed by atoms with Crippen LogP contribution in [0.25, 0.3) is 0 Å². The highest BCUT2D eigenvalue weighted by molar-refractivity contribution is 5.43. The van der Waals surface area contributed by atoms with Crippen LogP contribution in [0.15, 0.2) is 36.7 Å². The number of hydrogen-bond donors (Lipinski definition) is 2. The number of nitrogens with two attached hydrogens (primary N) is 1. The van der Waals surface area contributed by atoms with Crippen molar-refractivity contribution in [3.8, 4) is 11.5 Å². The van der Waals surface area contributed by atoms with E-state index < -0.39 is 0 Å². The molecule has 5 heteroatoms. The molecule has 1 aromatic heterocycles. The van der Waals surface area contributed by atoms with Gasteiger partial charge in [0.2, 0.25) is 0 Å². The Morgan fingerprint density at radius 1 is 1.14 bits per heavy atom. The first kappa shape index (κ1) is 15.3. The summed E-state index contributed by atoms with van der Waals surface area (Å²) in [5.74, 6) is 7.13. The van der Waals surface area contributed by atoms with Gasteiger partial charge in [0.1, 0.15) is 0 Å². The number of nitrogens with one attached hydrogen (secondary N) is 1. The Balaban J connectivity index is 2.22. The lowest BCUT2D eigenvalue weighted by Gasteiger charge is -2.17. The Labute approximate surface area is 125 Å². The minimum atomic E-state index is -0.00417. The zero-order valence-corrected chi connectivity index (χ0v) is 12.6. The van der Waals surface area contributed by atoms with Gasteiger partial charge in [-0.1, -0.05) is 12.1 Å². The van der Waals surface area contributed by atoms with Gasteiger partial charge in [0.15, 0.2) is 11.5 Å². The number of methoxy groups -OCH3 is 2. The fourth-order valence-electron chi connectivity index (χ4n) is 2.29. The smallest absolute Gasteiger partial charge is 0.160 e. The molecule has 1 unspecified atom stereocenters. The summed E-state index contributed by atoms with van der Waals surface area (Å²) in [7, 11) is 3.25. The molecule has 0 radical (unpaired) electrons. The highest BCUT2D eigenvalue weighted by atomic mass is 16.5. The summed E-state index contributed by atoms with van der Waals surface area (Å²) in [6.45, 7) is 2.01. The van der Waals surface area contributed by atoms with Gasteiger partial charge in [-0.15, -0.1) is 0 Å². The Kier molecular flexibility index (Phi) is 5.14. The van der Waals surface area contributed by atoms with Gasteiger partial charge in [-0.05, 0) is 42.2 Å². The highest BCUT2D eigenvalue weighted by Crippen LogP contribution is 2.29. The molecule has 0 aliphatic rings. The maximum Gasteiger partial charge on any atom is 0.160 e. The molecule has 0 saturated heterocycles. The minimum Gasteiger partial charge on any atom is -0.493 e. The third kappa shape index (κ3) is 3.71. The van der Waals surface area contributed by atoms with Crippen LogP contribution in [0.2, 0.25) is 0 Å². The molecular weight excluding hydrogens is 266 g/mol. The van der Waals surface area contributed by atoms with Crippen molar-refractivity contribution in [2.24, 2.45) is 5.84 Å². The van der Waals surface area contributed by atoms with Crippen molar-refractivity contribution >= 4 is 0 Å². The third-order valence-corrected chi connectivity index (χ3v) is 3.39. The molecule has 2 aromatic rings. The molecule has 0 spiro atoms. The summed E-state index contributed by atoms with van der Waals surface area (Å²) < 4.78 is 10.6. The van der Waals surface area contributed by atoms with E-state index in [4.69, 9.17) is 15.3 Å². The third-order valence-electron chi connectivity index (χ3n) is 3.39. The van der Waals surface area contributed by atoms with E-state index in [1.165, 1.54) is 0 Å². The summed E-state index contributed by atoms with van der Waals surface area (Å²) in [6, 6.07) is 7.95. The summed E-state index contributed by atoms with van der Waals surface area (Å²) in [4.78, 5) is 4.22. The molecule has 21 heavy (non-hydrogen) atoms. The van der Waals surface area contributed by atoms with Crippen molar-refractivity contribution in [3.63, 3.8) is 0 Å². The van der Waals surface area contributed by atoms with Crippen LogP contribution in [-0.2, 0) is 6.42 Å². The number of hydrazine groups is 1. The number of benzene rings is 1. The number of aromatic nitrogens is 1. The lowest BCUT2D eigenvalue weighted by atomic mass is 9.99. The van der Waals surface area contributed by atoms with Gasteiger partial charge >= 0.3 is 0 Å². The number of nitrogens with zero attached hydrogens (tertiary/aromatic N) is 1. The number of ether oxygens (including phenoxy) is 2. The van der Waals surface area contributed by atoms with Crippen LogP contribution in [0.3, 0.4) is 0 Å². The zero-order valence-electron chi connectivity index (χ0n) is 12.6. The van der Waals surface area contributed by atoms with E-state index >= 15 is 0 Å². The lowest BCUT2D eigenvalue weighted by molar-refractivity contribution is 0.354. The van der Waals surface area contributed by atoms with E-state index in [0.29, 0.717) is 5.75 Å². The fourth-order valence-corrected chi connectivity index (χ4v) is 2.29. The standard InChI is InChI=1S/C16H21N3O2/c1-11-6-13(10-18-9-11)14(19-17)7-12-4-5-15(20-2)16(8-12)21-3/h4-6,8-10,14,19H,7,17H2,1-3H3. The second kappa shape index (κ2) is 7.06. The van der Waals surface area contributed by atoms with E-state index in [1.807, 2.05) is 37.5 Å². The monoisotopic (exact) mass is 287 g/mol. The largest absolute Gasteiger partial charge is 0.493 e. The van der Waals surface area contributed by atoms with Crippen LogP contribution < -0.4 is 20.7 Å². The molecule has 0 amide bonds. The van der Waals surface area contributed by atoms with Gasteiger partial charge in [0, 0.05) is 12.4 Å². The van der Waals surface area contributed by atoms with Crippen LogP contribution in [0.1, 0.15) is 22.7 Å². The van der Waals surface area contributed by atoms with Crippen molar-refractivity contribution in [1.29, 1.82) is 0 Å². The average molecular weight is 287 g/mol. The SMILES string of the molecule is COc1ccc(CC(NN)c2cncc(C)c2)cc1OC. The van der Waals surface area contributed by atoms with Gasteiger partial charge in [-0.3, -0.25) is 16.3 Å². The van der Waals surface area contributed by atoms with Gasteiger partial charge in [0.05, 0.1) is 20.3 Å². The molecule has 1 aromatic carbocycles. The maximum atomic E-state index is 5.70. The molecule has 3 N–H and O–H groups in total. The molecule has 0 aliphatic carbocycles. The summed E-state index contributed by atoms with van der Waals surface area (Å²) in [6.07, 6.45) is 4.40. The molecule has 0 saturated carbocycles. The first-order valence-corrected chi connectivity index (χ1v) is 6.76. The Hall–Kier alpha value is -2.11. The van der Waals surface area contributed by atoms with Gasteiger partial charge in [-0.25, -0.2) is 0 Å². The molecule has 112 valence electrons. The topological polar surface area (TPSA) is 69.4 Å². The van der Waals surface area contributed by atoms with E-state index in [9.17, 15) is 0 Å². The maximum absolute atomic E-state index is 5.70. The van der Waals surface area contributed by atoms with E-state index in [2.05, 4.69) is 16.5 Å². The quantitative estimate of drug-likeness (QED) is 0.629.